The van der Waals surface area contributed by atoms with Crippen molar-refractivity contribution < 1.29 is 19.4 Å². The summed E-state index contributed by atoms with van der Waals surface area (Å²) in [5.74, 6) is -1.18. The molecule has 17 heavy (non-hydrogen) atoms. The van der Waals surface area contributed by atoms with Gasteiger partial charge in [-0.2, -0.15) is 0 Å². The number of carbonyl (C=O) groups excluding carboxylic acids is 1. The van der Waals surface area contributed by atoms with Gasteiger partial charge >= 0.3 is 12.0 Å². The van der Waals surface area contributed by atoms with Gasteiger partial charge in [0.25, 0.3) is 0 Å². The van der Waals surface area contributed by atoms with Gasteiger partial charge in [0.05, 0.1) is 12.1 Å². The van der Waals surface area contributed by atoms with Gasteiger partial charge in [-0.1, -0.05) is 13.8 Å². The normalized spacial score (nSPS) is 25.6. The van der Waals surface area contributed by atoms with Gasteiger partial charge in [0.2, 0.25) is 0 Å². The predicted octanol–water partition coefficient (Wildman–Crippen LogP) is 0.572. The number of hydrogen-bond donors (Lipinski definition) is 3. The van der Waals surface area contributed by atoms with Crippen molar-refractivity contribution in [3.8, 4) is 0 Å². The van der Waals surface area contributed by atoms with Crippen molar-refractivity contribution in [1.82, 2.24) is 10.6 Å². The molecule has 0 aromatic carbocycles. The maximum absolute atomic E-state index is 11.6. The Labute approximate surface area is 101 Å². The van der Waals surface area contributed by atoms with Crippen LogP contribution in [-0.4, -0.2) is 41.9 Å². The minimum absolute atomic E-state index is 0.0249. The number of carboxylic acids is 1. The van der Waals surface area contributed by atoms with Crippen LogP contribution in [0, 0.1) is 5.92 Å². The van der Waals surface area contributed by atoms with Gasteiger partial charge in [0, 0.05) is 6.61 Å². The molecule has 3 N–H and O–H groups in total. The van der Waals surface area contributed by atoms with E-state index in [9.17, 15) is 9.59 Å². The zero-order chi connectivity index (χ0) is 13.0. The van der Waals surface area contributed by atoms with Gasteiger partial charge in [0.1, 0.15) is 6.04 Å². The third-order valence-electron chi connectivity index (χ3n) is 2.91. The highest BCUT2D eigenvalue weighted by Gasteiger charge is 2.28. The predicted molar refractivity (Wildman–Crippen MR) is 61.7 cm³/mol. The smallest absolute Gasteiger partial charge is 0.326 e. The largest absolute Gasteiger partial charge is 0.480 e. The number of carboxylic acid groups (broad SMARTS) is 1. The fourth-order valence-electron chi connectivity index (χ4n) is 1.79. The number of urea groups is 1. The third kappa shape index (κ3) is 3.89. The zero-order valence-electron chi connectivity index (χ0n) is 10.4. The lowest BCUT2D eigenvalue weighted by atomic mass is 10.1. The first-order chi connectivity index (χ1) is 7.91. The van der Waals surface area contributed by atoms with Crippen LogP contribution in [0.2, 0.25) is 0 Å². The number of rotatable bonds is 4. The van der Waals surface area contributed by atoms with E-state index in [1.165, 1.54) is 0 Å². The number of aliphatic carboxylic acids is 1. The molecular formula is C11H20N2O4. The molecule has 1 saturated heterocycles. The third-order valence-corrected chi connectivity index (χ3v) is 2.91. The van der Waals surface area contributed by atoms with E-state index in [-0.39, 0.29) is 18.1 Å². The minimum atomic E-state index is -1.02. The monoisotopic (exact) mass is 244 g/mol. The molecule has 0 aromatic heterocycles. The van der Waals surface area contributed by atoms with Crippen molar-refractivity contribution in [1.29, 1.82) is 0 Å². The number of amides is 2. The summed E-state index contributed by atoms with van der Waals surface area (Å²) in [4.78, 5) is 22.5. The second-order valence-corrected chi connectivity index (χ2v) is 4.65. The molecular weight excluding hydrogens is 224 g/mol. The van der Waals surface area contributed by atoms with Gasteiger partial charge in [-0.3, -0.25) is 0 Å². The Morgan fingerprint density at radius 1 is 1.41 bits per heavy atom. The molecule has 0 saturated carbocycles. The fraction of sp³-hybridized carbons (Fsp3) is 0.818. The van der Waals surface area contributed by atoms with E-state index in [0.29, 0.717) is 6.61 Å². The molecule has 1 aliphatic heterocycles. The lowest BCUT2D eigenvalue weighted by molar-refractivity contribution is -0.140. The van der Waals surface area contributed by atoms with Crippen LogP contribution in [0.1, 0.15) is 27.2 Å². The SMILES string of the molecule is CC1OCCC1NC(=O)N[C@@H](C(=O)O)C(C)C. The van der Waals surface area contributed by atoms with Crippen molar-refractivity contribution in [3.05, 3.63) is 0 Å². The molecule has 0 radical (unpaired) electrons. The highest BCUT2D eigenvalue weighted by Crippen LogP contribution is 2.12. The number of ether oxygens (including phenoxy) is 1. The summed E-state index contributed by atoms with van der Waals surface area (Å²) in [5, 5.41) is 14.1. The summed E-state index contributed by atoms with van der Waals surface area (Å²) in [6.45, 7) is 6.01. The molecule has 6 nitrogen and oxygen atoms in total. The first-order valence-electron chi connectivity index (χ1n) is 5.83. The topological polar surface area (TPSA) is 87.7 Å². The number of carbonyl (C=O) groups is 2. The first kappa shape index (κ1) is 13.8. The maximum atomic E-state index is 11.6. The van der Waals surface area contributed by atoms with Gasteiger partial charge in [-0.15, -0.1) is 0 Å². The quantitative estimate of drug-likeness (QED) is 0.674. The average Bonchev–Trinajstić information content (AvgIpc) is 2.60. The molecule has 3 atom stereocenters. The molecule has 1 rings (SSSR count). The van der Waals surface area contributed by atoms with E-state index >= 15 is 0 Å². The van der Waals surface area contributed by atoms with Crippen molar-refractivity contribution in [2.45, 2.75) is 45.4 Å². The maximum Gasteiger partial charge on any atom is 0.326 e. The zero-order valence-corrected chi connectivity index (χ0v) is 10.4. The summed E-state index contributed by atoms with van der Waals surface area (Å²) in [6.07, 6.45) is 0.733. The van der Waals surface area contributed by atoms with Gasteiger partial charge in [0.15, 0.2) is 0 Å². The van der Waals surface area contributed by atoms with Crippen LogP contribution in [0.25, 0.3) is 0 Å². The van der Waals surface area contributed by atoms with Crippen LogP contribution in [0.3, 0.4) is 0 Å². The summed E-state index contributed by atoms with van der Waals surface area (Å²) < 4.78 is 5.31. The summed E-state index contributed by atoms with van der Waals surface area (Å²) >= 11 is 0. The van der Waals surface area contributed by atoms with Crippen molar-refractivity contribution in [2.24, 2.45) is 5.92 Å². The van der Waals surface area contributed by atoms with Gasteiger partial charge in [-0.05, 0) is 19.3 Å². The minimum Gasteiger partial charge on any atom is -0.480 e. The molecule has 2 amide bonds. The molecule has 0 aliphatic carbocycles. The van der Waals surface area contributed by atoms with E-state index in [1.807, 2.05) is 6.92 Å². The van der Waals surface area contributed by atoms with Crippen LogP contribution in [0.15, 0.2) is 0 Å². The molecule has 0 bridgehead atoms. The Morgan fingerprint density at radius 2 is 2.06 bits per heavy atom. The van der Waals surface area contributed by atoms with Crippen LogP contribution in [0.4, 0.5) is 4.79 Å². The Hall–Kier alpha value is -1.30. The first-order valence-corrected chi connectivity index (χ1v) is 5.83. The standard InChI is InChI=1S/C11H20N2O4/c1-6(2)9(10(14)15)13-11(16)12-8-4-5-17-7(8)3/h6-9H,4-5H2,1-3H3,(H,14,15)(H2,12,13,16)/t7?,8?,9-/m1/s1. The highest BCUT2D eigenvalue weighted by atomic mass is 16.5. The molecule has 6 heteroatoms. The Balaban J connectivity index is 2.45. The van der Waals surface area contributed by atoms with E-state index in [4.69, 9.17) is 9.84 Å². The number of nitrogens with one attached hydrogen (secondary N) is 2. The van der Waals surface area contributed by atoms with Crippen molar-refractivity contribution >= 4 is 12.0 Å². The lowest BCUT2D eigenvalue weighted by Crippen LogP contribution is -2.52. The summed E-state index contributed by atoms with van der Waals surface area (Å²) in [7, 11) is 0. The summed E-state index contributed by atoms with van der Waals surface area (Å²) in [6, 6.07) is -1.36. The molecule has 1 heterocycles. The second kappa shape index (κ2) is 5.86. The van der Waals surface area contributed by atoms with E-state index < -0.39 is 18.0 Å². The molecule has 2 unspecified atom stereocenters. The molecule has 98 valence electrons. The molecule has 0 aromatic rings. The number of hydrogen-bond acceptors (Lipinski definition) is 3. The molecule has 1 fully saturated rings. The van der Waals surface area contributed by atoms with E-state index in [1.54, 1.807) is 13.8 Å². The van der Waals surface area contributed by atoms with Gasteiger partial charge in [-0.25, -0.2) is 9.59 Å². The summed E-state index contributed by atoms with van der Waals surface area (Å²) in [5.41, 5.74) is 0. The Kier molecular flexibility index (Phi) is 4.74. The average molecular weight is 244 g/mol. The van der Waals surface area contributed by atoms with Crippen molar-refractivity contribution in [2.75, 3.05) is 6.61 Å². The van der Waals surface area contributed by atoms with Gasteiger partial charge < -0.3 is 20.5 Å². The Morgan fingerprint density at radius 3 is 2.47 bits per heavy atom. The molecule has 1 aliphatic rings. The lowest BCUT2D eigenvalue weighted by Gasteiger charge is -2.21. The fourth-order valence-corrected chi connectivity index (χ4v) is 1.79. The van der Waals surface area contributed by atoms with Crippen LogP contribution >= 0.6 is 0 Å². The van der Waals surface area contributed by atoms with Crippen LogP contribution < -0.4 is 10.6 Å². The highest BCUT2D eigenvalue weighted by molar-refractivity contribution is 5.82. The second-order valence-electron chi connectivity index (χ2n) is 4.65. The van der Waals surface area contributed by atoms with E-state index in [0.717, 1.165) is 6.42 Å². The Bertz CT molecular complexity index is 293. The van der Waals surface area contributed by atoms with Crippen LogP contribution in [-0.2, 0) is 9.53 Å². The van der Waals surface area contributed by atoms with Crippen molar-refractivity contribution in [3.63, 3.8) is 0 Å². The molecule has 0 spiro atoms. The van der Waals surface area contributed by atoms with E-state index in [2.05, 4.69) is 10.6 Å². The van der Waals surface area contributed by atoms with Crippen LogP contribution in [0.5, 0.6) is 0 Å².